The molecular weight excluding hydrogens is 270 g/mol. The van der Waals surface area contributed by atoms with Crippen molar-refractivity contribution in [3.8, 4) is 0 Å². The number of carboxylic acid groups (broad SMARTS) is 1. The predicted octanol–water partition coefficient (Wildman–Crippen LogP) is 1.41. The van der Waals surface area contributed by atoms with Crippen LogP contribution in [0.25, 0.3) is 0 Å². The van der Waals surface area contributed by atoms with Gasteiger partial charge in [-0.2, -0.15) is 0 Å². The Morgan fingerprint density at radius 3 is 2.71 bits per heavy atom. The van der Waals surface area contributed by atoms with E-state index in [0.717, 1.165) is 25.7 Å². The summed E-state index contributed by atoms with van der Waals surface area (Å²) in [5.41, 5.74) is 6.81. The summed E-state index contributed by atoms with van der Waals surface area (Å²) in [7, 11) is 0. The number of carbonyl (C=O) groups is 2. The van der Waals surface area contributed by atoms with Crippen LogP contribution in [-0.4, -0.2) is 28.5 Å². The van der Waals surface area contributed by atoms with Gasteiger partial charge in [-0.3, -0.25) is 14.6 Å². The molecule has 0 spiro atoms. The average molecular weight is 291 g/mol. The third-order valence-corrected chi connectivity index (χ3v) is 3.97. The Hall–Kier alpha value is -1.95. The number of hydrogen-bond acceptors (Lipinski definition) is 4. The quantitative estimate of drug-likeness (QED) is 0.760. The fourth-order valence-electron chi connectivity index (χ4n) is 2.83. The zero-order chi connectivity index (χ0) is 15.2. The topological polar surface area (TPSA) is 105 Å². The van der Waals surface area contributed by atoms with E-state index in [2.05, 4.69) is 10.3 Å². The lowest BCUT2D eigenvalue weighted by Gasteiger charge is -2.29. The molecule has 1 fully saturated rings. The van der Waals surface area contributed by atoms with Gasteiger partial charge in [0.25, 0.3) is 0 Å². The summed E-state index contributed by atoms with van der Waals surface area (Å²) in [6, 6.07) is 3.30. The fraction of sp³-hybridized carbons (Fsp3) is 0.533. The average Bonchev–Trinajstić information content (AvgIpc) is 2.48. The number of rotatable bonds is 5. The first-order valence-electron chi connectivity index (χ1n) is 7.28. The molecular formula is C15H21N3O3. The normalized spacial score (nSPS) is 21.8. The van der Waals surface area contributed by atoms with Crippen molar-refractivity contribution in [1.82, 2.24) is 4.98 Å². The molecule has 6 heteroatoms. The summed E-state index contributed by atoms with van der Waals surface area (Å²) >= 11 is 0. The highest BCUT2D eigenvalue weighted by molar-refractivity contribution is 5.92. The molecule has 1 aliphatic carbocycles. The number of amides is 1. The van der Waals surface area contributed by atoms with E-state index < -0.39 is 5.97 Å². The van der Waals surface area contributed by atoms with E-state index in [-0.39, 0.29) is 24.2 Å². The molecule has 1 aromatic rings. The lowest BCUT2D eigenvalue weighted by Crippen LogP contribution is -2.35. The van der Waals surface area contributed by atoms with E-state index >= 15 is 0 Å². The van der Waals surface area contributed by atoms with Crippen molar-refractivity contribution >= 4 is 17.6 Å². The van der Waals surface area contributed by atoms with Gasteiger partial charge in [0, 0.05) is 5.92 Å². The molecule has 0 aromatic carbocycles. The maximum Gasteiger partial charge on any atom is 0.309 e. The summed E-state index contributed by atoms with van der Waals surface area (Å²) < 4.78 is 0. The van der Waals surface area contributed by atoms with E-state index in [1.165, 1.54) is 6.20 Å². The van der Waals surface area contributed by atoms with Gasteiger partial charge in [-0.05, 0) is 37.4 Å². The number of hydrogen-bond donors (Lipinski definition) is 3. The highest BCUT2D eigenvalue weighted by atomic mass is 16.4. The fourth-order valence-corrected chi connectivity index (χ4v) is 2.83. The van der Waals surface area contributed by atoms with Gasteiger partial charge < -0.3 is 16.2 Å². The van der Waals surface area contributed by atoms with Gasteiger partial charge in [-0.1, -0.05) is 12.8 Å². The van der Waals surface area contributed by atoms with Gasteiger partial charge in [-0.25, -0.2) is 0 Å². The molecule has 21 heavy (non-hydrogen) atoms. The number of nitrogens with two attached hydrogens (primary N) is 1. The molecule has 0 radical (unpaired) electrons. The Kier molecular flexibility index (Phi) is 5.27. The van der Waals surface area contributed by atoms with Crippen LogP contribution in [0.2, 0.25) is 0 Å². The molecule has 1 amide bonds. The summed E-state index contributed by atoms with van der Waals surface area (Å²) in [4.78, 5) is 26.9. The molecule has 0 aliphatic heterocycles. The Labute approximate surface area is 123 Å². The second-order valence-corrected chi connectivity index (χ2v) is 5.48. The van der Waals surface area contributed by atoms with E-state index in [0.29, 0.717) is 17.9 Å². The van der Waals surface area contributed by atoms with Crippen molar-refractivity contribution in [2.24, 2.45) is 17.6 Å². The molecule has 1 saturated carbocycles. The lowest BCUT2D eigenvalue weighted by molar-refractivity contribution is -0.136. The van der Waals surface area contributed by atoms with Crippen molar-refractivity contribution in [3.63, 3.8) is 0 Å². The molecule has 0 bridgehead atoms. The van der Waals surface area contributed by atoms with Crippen molar-refractivity contribution in [2.45, 2.75) is 32.1 Å². The number of pyridine rings is 1. The number of aliphatic carboxylic acids is 1. The standard InChI is InChI=1S/C15H21N3O3/c16-8-10-3-1-2-4-13(10)15(21)18-12-6-5-11(17-9-12)7-14(19)20/h5-6,9-10,13H,1-4,7-8,16H2,(H,18,21)(H,19,20). The van der Waals surface area contributed by atoms with E-state index in [1.54, 1.807) is 12.1 Å². The lowest BCUT2D eigenvalue weighted by atomic mass is 9.79. The van der Waals surface area contributed by atoms with Crippen LogP contribution in [0.4, 0.5) is 5.69 Å². The first-order chi connectivity index (χ1) is 10.1. The minimum absolute atomic E-state index is 0.0158. The summed E-state index contributed by atoms with van der Waals surface area (Å²) in [5.74, 6) is -0.731. The van der Waals surface area contributed by atoms with Crippen LogP contribution in [0.15, 0.2) is 18.3 Å². The molecule has 1 aromatic heterocycles. The van der Waals surface area contributed by atoms with Gasteiger partial charge in [0.2, 0.25) is 5.91 Å². The monoisotopic (exact) mass is 291 g/mol. The Bertz CT molecular complexity index is 501. The van der Waals surface area contributed by atoms with Gasteiger partial charge in [0.15, 0.2) is 0 Å². The van der Waals surface area contributed by atoms with Gasteiger partial charge in [0.1, 0.15) is 0 Å². The minimum atomic E-state index is -0.924. The van der Waals surface area contributed by atoms with E-state index in [4.69, 9.17) is 10.8 Å². The molecule has 4 N–H and O–H groups in total. The van der Waals surface area contributed by atoms with Crippen LogP contribution in [-0.2, 0) is 16.0 Å². The molecule has 1 aliphatic rings. The minimum Gasteiger partial charge on any atom is -0.481 e. The van der Waals surface area contributed by atoms with E-state index in [1.807, 2.05) is 0 Å². The Morgan fingerprint density at radius 1 is 1.33 bits per heavy atom. The number of anilines is 1. The van der Waals surface area contributed by atoms with Gasteiger partial charge >= 0.3 is 5.97 Å². The smallest absolute Gasteiger partial charge is 0.309 e. The van der Waals surface area contributed by atoms with Gasteiger partial charge in [-0.15, -0.1) is 0 Å². The third-order valence-electron chi connectivity index (χ3n) is 3.97. The Balaban J connectivity index is 1.96. The summed E-state index contributed by atoms with van der Waals surface area (Å²) in [6.07, 6.45) is 5.45. The van der Waals surface area contributed by atoms with Crippen LogP contribution >= 0.6 is 0 Å². The van der Waals surface area contributed by atoms with Crippen LogP contribution in [0.3, 0.4) is 0 Å². The maximum atomic E-state index is 12.3. The summed E-state index contributed by atoms with van der Waals surface area (Å²) in [5, 5.41) is 11.5. The number of aromatic nitrogens is 1. The first-order valence-corrected chi connectivity index (χ1v) is 7.28. The number of nitrogens with one attached hydrogen (secondary N) is 1. The SMILES string of the molecule is NCC1CCCCC1C(=O)Nc1ccc(CC(=O)O)nc1. The largest absolute Gasteiger partial charge is 0.481 e. The van der Waals surface area contributed by atoms with Crippen molar-refractivity contribution in [1.29, 1.82) is 0 Å². The van der Waals surface area contributed by atoms with Crippen LogP contribution in [0, 0.1) is 11.8 Å². The van der Waals surface area contributed by atoms with Gasteiger partial charge in [0.05, 0.1) is 24.0 Å². The van der Waals surface area contributed by atoms with Crippen LogP contribution in [0.1, 0.15) is 31.4 Å². The predicted molar refractivity (Wildman–Crippen MR) is 78.7 cm³/mol. The number of carboxylic acids is 1. The number of nitrogens with zero attached hydrogens (tertiary/aromatic N) is 1. The number of carbonyl (C=O) groups excluding carboxylic acids is 1. The second kappa shape index (κ2) is 7.17. The van der Waals surface area contributed by atoms with Crippen molar-refractivity contribution in [3.05, 3.63) is 24.0 Å². The third kappa shape index (κ3) is 4.26. The summed E-state index contributed by atoms with van der Waals surface area (Å²) in [6.45, 7) is 0.536. The van der Waals surface area contributed by atoms with Crippen LogP contribution in [0.5, 0.6) is 0 Å². The molecule has 6 nitrogen and oxygen atoms in total. The highest BCUT2D eigenvalue weighted by Gasteiger charge is 2.29. The molecule has 2 unspecified atom stereocenters. The molecule has 2 rings (SSSR count). The molecule has 2 atom stereocenters. The van der Waals surface area contributed by atoms with E-state index in [9.17, 15) is 9.59 Å². The maximum absolute atomic E-state index is 12.3. The van der Waals surface area contributed by atoms with Crippen LogP contribution < -0.4 is 11.1 Å². The first kappa shape index (κ1) is 15.4. The van der Waals surface area contributed by atoms with Crippen molar-refractivity contribution in [2.75, 3.05) is 11.9 Å². The molecule has 114 valence electrons. The zero-order valence-corrected chi connectivity index (χ0v) is 11.9. The Morgan fingerprint density at radius 2 is 2.10 bits per heavy atom. The molecule has 1 heterocycles. The van der Waals surface area contributed by atoms with Crippen molar-refractivity contribution < 1.29 is 14.7 Å². The highest BCUT2D eigenvalue weighted by Crippen LogP contribution is 2.30. The second-order valence-electron chi connectivity index (χ2n) is 5.48. The molecule has 0 saturated heterocycles. The zero-order valence-electron chi connectivity index (χ0n) is 11.9.